The third-order valence-electron chi connectivity index (χ3n) is 4.51. The van der Waals surface area contributed by atoms with E-state index in [1.807, 2.05) is 35.2 Å². The summed E-state index contributed by atoms with van der Waals surface area (Å²) in [7, 11) is 0. The average molecular weight is 326 g/mol. The van der Waals surface area contributed by atoms with E-state index in [-0.39, 0.29) is 12.5 Å². The van der Waals surface area contributed by atoms with Gasteiger partial charge in [0.15, 0.2) is 0 Å². The molecule has 0 radical (unpaired) electrons. The van der Waals surface area contributed by atoms with E-state index in [1.54, 1.807) is 6.20 Å². The highest BCUT2D eigenvalue weighted by Crippen LogP contribution is 2.22. The van der Waals surface area contributed by atoms with Crippen LogP contribution in [0.4, 0.5) is 0 Å². The molecule has 2 N–H and O–H groups in total. The Morgan fingerprint density at radius 2 is 1.88 bits per heavy atom. The van der Waals surface area contributed by atoms with Crippen LogP contribution in [0.15, 0.2) is 36.5 Å². The Morgan fingerprint density at radius 1 is 1.21 bits per heavy atom. The number of amides is 2. The van der Waals surface area contributed by atoms with E-state index in [0.717, 1.165) is 31.5 Å². The Balaban J connectivity index is 1.79. The van der Waals surface area contributed by atoms with Crippen molar-refractivity contribution in [3.8, 4) is 11.3 Å². The molecule has 1 aliphatic heterocycles. The first-order valence-electron chi connectivity index (χ1n) is 8.25. The van der Waals surface area contributed by atoms with Crippen LogP contribution < -0.4 is 5.73 Å². The Labute approximate surface area is 141 Å². The second-order valence-electron chi connectivity index (χ2n) is 6.38. The first kappa shape index (κ1) is 16.2. The molecule has 3 rings (SSSR count). The molecule has 1 aliphatic rings. The summed E-state index contributed by atoms with van der Waals surface area (Å²) in [4.78, 5) is 26.0. The monoisotopic (exact) mass is 326 g/mol. The number of rotatable bonds is 4. The Bertz CT molecular complexity index is 731. The van der Waals surface area contributed by atoms with Gasteiger partial charge >= 0.3 is 0 Å². The minimum Gasteiger partial charge on any atom is -0.365 e. The molecule has 1 aromatic heterocycles. The quantitative estimate of drug-likeness (QED) is 0.932. The fraction of sp³-hybridized carbons (Fsp3) is 0.389. The van der Waals surface area contributed by atoms with Crippen LogP contribution in [-0.2, 0) is 11.3 Å². The smallest absolute Gasteiger partial charge is 0.252 e. The van der Waals surface area contributed by atoms with Gasteiger partial charge in [0.1, 0.15) is 12.2 Å². The number of carbonyl (C=O) groups excluding carboxylic acids is 2. The minimum atomic E-state index is -0.542. The topological polar surface area (TPSA) is 81.2 Å². The van der Waals surface area contributed by atoms with E-state index in [1.165, 1.54) is 4.68 Å². The molecule has 0 unspecified atom stereocenters. The second-order valence-corrected chi connectivity index (χ2v) is 6.38. The summed E-state index contributed by atoms with van der Waals surface area (Å²) >= 11 is 0. The van der Waals surface area contributed by atoms with Crippen LogP contribution in [0, 0.1) is 5.92 Å². The SMILES string of the molecule is CC1CCN(C(=O)Cn2cc(C(N)=O)c(-c3ccccc3)n2)CC1. The molecule has 1 aromatic carbocycles. The zero-order valence-electron chi connectivity index (χ0n) is 13.8. The maximum absolute atomic E-state index is 12.5. The van der Waals surface area contributed by atoms with Crippen molar-refractivity contribution in [3.05, 3.63) is 42.1 Å². The minimum absolute atomic E-state index is 0.0278. The Kier molecular flexibility index (Phi) is 4.64. The van der Waals surface area contributed by atoms with Gasteiger partial charge in [0, 0.05) is 24.8 Å². The summed E-state index contributed by atoms with van der Waals surface area (Å²) in [5, 5.41) is 4.42. The number of benzene rings is 1. The third kappa shape index (κ3) is 3.48. The number of aromatic nitrogens is 2. The lowest BCUT2D eigenvalue weighted by molar-refractivity contribution is -0.133. The number of carbonyl (C=O) groups is 2. The standard InChI is InChI=1S/C18H22N4O2/c1-13-7-9-21(10-8-13)16(23)12-22-11-15(18(19)24)17(20-22)14-5-3-2-4-6-14/h2-6,11,13H,7-10,12H2,1H3,(H2,19,24). The van der Waals surface area contributed by atoms with Gasteiger partial charge in [0.25, 0.3) is 5.91 Å². The number of piperidine rings is 1. The highest BCUT2D eigenvalue weighted by molar-refractivity contribution is 5.98. The Hall–Kier alpha value is -2.63. The summed E-state index contributed by atoms with van der Waals surface area (Å²) in [6.07, 6.45) is 3.63. The zero-order chi connectivity index (χ0) is 17.1. The molecule has 1 saturated heterocycles. The molecular formula is C18H22N4O2. The molecule has 6 heteroatoms. The van der Waals surface area contributed by atoms with Gasteiger partial charge in [0.2, 0.25) is 5.91 Å². The summed E-state index contributed by atoms with van der Waals surface area (Å²) in [6, 6.07) is 9.38. The molecule has 6 nitrogen and oxygen atoms in total. The summed E-state index contributed by atoms with van der Waals surface area (Å²) in [6.45, 7) is 3.91. The lowest BCUT2D eigenvalue weighted by Gasteiger charge is -2.30. The predicted molar refractivity (Wildman–Crippen MR) is 91.2 cm³/mol. The fourth-order valence-corrected chi connectivity index (χ4v) is 2.99. The van der Waals surface area contributed by atoms with Crippen molar-refractivity contribution in [1.82, 2.24) is 14.7 Å². The maximum Gasteiger partial charge on any atom is 0.252 e. The van der Waals surface area contributed by atoms with Crippen LogP contribution in [0.3, 0.4) is 0 Å². The van der Waals surface area contributed by atoms with E-state index in [9.17, 15) is 9.59 Å². The molecule has 24 heavy (non-hydrogen) atoms. The van der Waals surface area contributed by atoms with E-state index < -0.39 is 5.91 Å². The molecule has 0 bridgehead atoms. The first-order chi connectivity index (χ1) is 11.5. The fourth-order valence-electron chi connectivity index (χ4n) is 2.99. The second kappa shape index (κ2) is 6.86. The number of hydrogen-bond donors (Lipinski definition) is 1. The molecule has 126 valence electrons. The van der Waals surface area contributed by atoms with Gasteiger partial charge in [-0.05, 0) is 18.8 Å². The van der Waals surface area contributed by atoms with E-state index in [4.69, 9.17) is 5.73 Å². The third-order valence-corrected chi connectivity index (χ3v) is 4.51. The number of hydrogen-bond acceptors (Lipinski definition) is 3. The van der Waals surface area contributed by atoms with Crippen molar-refractivity contribution in [3.63, 3.8) is 0 Å². The van der Waals surface area contributed by atoms with Crippen molar-refractivity contribution >= 4 is 11.8 Å². The van der Waals surface area contributed by atoms with Gasteiger partial charge in [-0.1, -0.05) is 37.3 Å². The molecule has 2 heterocycles. The largest absolute Gasteiger partial charge is 0.365 e. The summed E-state index contributed by atoms with van der Waals surface area (Å²) in [5.41, 5.74) is 7.13. The van der Waals surface area contributed by atoms with Crippen LogP contribution in [-0.4, -0.2) is 39.6 Å². The molecule has 0 atom stereocenters. The summed E-state index contributed by atoms with van der Waals surface area (Å²) in [5.74, 6) is 0.157. The van der Waals surface area contributed by atoms with Crippen LogP contribution in [0.5, 0.6) is 0 Å². The summed E-state index contributed by atoms with van der Waals surface area (Å²) < 4.78 is 1.52. The highest BCUT2D eigenvalue weighted by atomic mass is 16.2. The normalized spacial score (nSPS) is 15.5. The van der Waals surface area contributed by atoms with Crippen LogP contribution >= 0.6 is 0 Å². The number of primary amides is 1. The molecule has 0 aliphatic carbocycles. The maximum atomic E-state index is 12.5. The van der Waals surface area contributed by atoms with E-state index in [0.29, 0.717) is 17.2 Å². The van der Waals surface area contributed by atoms with Crippen molar-refractivity contribution in [2.24, 2.45) is 11.7 Å². The number of likely N-dealkylation sites (tertiary alicyclic amines) is 1. The molecule has 0 spiro atoms. The van der Waals surface area contributed by atoms with E-state index in [2.05, 4.69) is 12.0 Å². The van der Waals surface area contributed by atoms with Gasteiger partial charge in [-0.3, -0.25) is 14.3 Å². The van der Waals surface area contributed by atoms with Crippen molar-refractivity contribution < 1.29 is 9.59 Å². The Morgan fingerprint density at radius 3 is 2.50 bits per heavy atom. The number of nitrogens with zero attached hydrogens (tertiary/aromatic N) is 3. The molecule has 0 saturated carbocycles. The number of nitrogens with two attached hydrogens (primary N) is 1. The van der Waals surface area contributed by atoms with Crippen molar-refractivity contribution in [1.29, 1.82) is 0 Å². The predicted octanol–water partition coefficient (Wildman–Crippen LogP) is 1.91. The highest BCUT2D eigenvalue weighted by Gasteiger charge is 2.22. The molecule has 2 aromatic rings. The zero-order valence-corrected chi connectivity index (χ0v) is 13.8. The van der Waals surface area contributed by atoms with E-state index >= 15 is 0 Å². The molecule has 1 fully saturated rings. The lowest BCUT2D eigenvalue weighted by atomic mass is 9.99. The van der Waals surface area contributed by atoms with Crippen molar-refractivity contribution in [2.75, 3.05) is 13.1 Å². The van der Waals surface area contributed by atoms with Crippen LogP contribution in [0.25, 0.3) is 11.3 Å². The molecule has 2 amide bonds. The first-order valence-corrected chi connectivity index (χ1v) is 8.25. The van der Waals surface area contributed by atoms with Crippen LogP contribution in [0.1, 0.15) is 30.1 Å². The van der Waals surface area contributed by atoms with Gasteiger partial charge < -0.3 is 10.6 Å². The van der Waals surface area contributed by atoms with Gasteiger partial charge in [-0.25, -0.2) is 0 Å². The molecular weight excluding hydrogens is 304 g/mol. The lowest BCUT2D eigenvalue weighted by Crippen LogP contribution is -2.39. The average Bonchev–Trinajstić information content (AvgIpc) is 3.00. The van der Waals surface area contributed by atoms with Crippen molar-refractivity contribution in [2.45, 2.75) is 26.3 Å². The van der Waals surface area contributed by atoms with Crippen LogP contribution in [0.2, 0.25) is 0 Å². The van der Waals surface area contributed by atoms with Gasteiger partial charge in [0.05, 0.1) is 5.56 Å². The van der Waals surface area contributed by atoms with Gasteiger partial charge in [-0.15, -0.1) is 0 Å². The van der Waals surface area contributed by atoms with Gasteiger partial charge in [-0.2, -0.15) is 5.10 Å².